The first-order valence-corrected chi connectivity index (χ1v) is 12.6. The molecule has 0 bridgehead atoms. The van der Waals surface area contributed by atoms with E-state index in [4.69, 9.17) is 4.74 Å². The smallest absolute Gasteiger partial charge is 0.257 e. The first kappa shape index (κ1) is 24.7. The number of nitrogens with zero attached hydrogens (tertiary/aromatic N) is 5. The number of rotatable bonds is 5. The highest BCUT2D eigenvalue weighted by atomic mass is 16.5. The fraction of sp³-hybridized carbons (Fsp3) is 0.481. The molecule has 0 radical (unpaired) electrons. The molecule has 1 aliphatic rings. The molecule has 0 N–H and O–H groups in total. The van der Waals surface area contributed by atoms with Gasteiger partial charge in [0, 0.05) is 19.6 Å². The summed E-state index contributed by atoms with van der Waals surface area (Å²) >= 11 is 0. The second kappa shape index (κ2) is 11.3. The fourth-order valence-electron chi connectivity index (χ4n) is 4.64. The Balaban J connectivity index is 1.60. The van der Waals surface area contributed by atoms with Crippen LogP contribution in [-0.2, 0) is 11.3 Å². The molecule has 0 saturated heterocycles. The second-order valence-electron chi connectivity index (χ2n) is 9.49. The molecule has 2 amide bonds. The molecule has 0 saturated carbocycles. The lowest BCUT2D eigenvalue weighted by Crippen LogP contribution is -2.47. The maximum absolute atomic E-state index is 13.6. The Hall–Kier alpha value is -3.42. The molecule has 1 aromatic heterocycles. The number of carbonyl (C=O) groups excluding carboxylic acids is 2. The van der Waals surface area contributed by atoms with Crippen molar-refractivity contribution in [1.82, 2.24) is 24.8 Å². The number of ether oxygens (including phenoxy) is 1. The SMILES string of the molecule is CCN1CCCCN(C(=O)Cn2nc3ccccc3n2)[C@@H](CC(C)C)COc2ccccc2C1=O. The van der Waals surface area contributed by atoms with Gasteiger partial charge >= 0.3 is 0 Å². The van der Waals surface area contributed by atoms with Crippen molar-refractivity contribution < 1.29 is 14.3 Å². The van der Waals surface area contributed by atoms with E-state index < -0.39 is 0 Å². The van der Waals surface area contributed by atoms with Gasteiger partial charge in [0.1, 0.15) is 29.9 Å². The van der Waals surface area contributed by atoms with Gasteiger partial charge in [-0.05, 0) is 56.4 Å². The Morgan fingerprint density at radius 3 is 2.37 bits per heavy atom. The second-order valence-corrected chi connectivity index (χ2v) is 9.49. The summed E-state index contributed by atoms with van der Waals surface area (Å²) in [5, 5.41) is 8.96. The topological polar surface area (TPSA) is 80.6 Å². The van der Waals surface area contributed by atoms with Gasteiger partial charge in [0.2, 0.25) is 5.91 Å². The number of hydrogen-bond acceptors (Lipinski definition) is 5. The van der Waals surface area contributed by atoms with Gasteiger partial charge in [-0.1, -0.05) is 38.1 Å². The first-order valence-electron chi connectivity index (χ1n) is 12.6. The number of para-hydroxylation sites is 1. The van der Waals surface area contributed by atoms with Gasteiger partial charge in [-0.2, -0.15) is 15.0 Å². The molecule has 0 aliphatic carbocycles. The van der Waals surface area contributed by atoms with Crippen LogP contribution in [0.25, 0.3) is 11.0 Å². The number of hydrogen-bond donors (Lipinski definition) is 0. The highest BCUT2D eigenvalue weighted by Crippen LogP contribution is 2.23. The zero-order valence-corrected chi connectivity index (χ0v) is 20.9. The van der Waals surface area contributed by atoms with Gasteiger partial charge < -0.3 is 14.5 Å². The molecule has 2 aromatic carbocycles. The van der Waals surface area contributed by atoms with Gasteiger partial charge in [-0.15, -0.1) is 0 Å². The number of aromatic nitrogens is 3. The lowest BCUT2D eigenvalue weighted by atomic mass is 10.0. The molecular formula is C27H35N5O3. The summed E-state index contributed by atoms with van der Waals surface area (Å²) in [6.45, 7) is 8.58. The Labute approximate surface area is 206 Å². The van der Waals surface area contributed by atoms with Gasteiger partial charge in [0.15, 0.2) is 0 Å². The van der Waals surface area contributed by atoms with Crippen molar-refractivity contribution in [2.45, 2.75) is 52.6 Å². The van der Waals surface area contributed by atoms with Crippen LogP contribution < -0.4 is 4.74 Å². The van der Waals surface area contributed by atoms with Crippen LogP contribution in [0, 0.1) is 5.92 Å². The zero-order chi connectivity index (χ0) is 24.8. The summed E-state index contributed by atoms with van der Waals surface area (Å²) in [6.07, 6.45) is 2.43. The molecule has 2 heterocycles. The minimum absolute atomic E-state index is 0.00571. The van der Waals surface area contributed by atoms with Gasteiger partial charge in [-0.25, -0.2) is 0 Å². The summed E-state index contributed by atoms with van der Waals surface area (Å²) in [7, 11) is 0. The van der Waals surface area contributed by atoms with Crippen molar-refractivity contribution in [2.75, 3.05) is 26.2 Å². The van der Waals surface area contributed by atoms with Crippen LogP contribution in [0.3, 0.4) is 0 Å². The van der Waals surface area contributed by atoms with E-state index in [0.29, 0.717) is 43.5 Å². The molecule has 35 heavy (non-hydrogen) atoms. The van der Waals surface area contributed by atoms with Crippen molar-refractivity contribution in [3.8, 4) is 5.75 Å². The fourth-order valence-corrected chi connectivity index (χ4v) is 4.64. The molecule has 1 aliphatic heterocycles. The summed E-state index contributed by atoms with van der Waals surface area (Å²) in [5.74, 6) is 0.921. The predicted octanol–water partition coefficient (Wildman–Crippen LogP) is 4.01. The van der Waals surface area contributed by atoms with Crippen LogP contribution in [0.1, 0.15) is 50.4 Å². The van der Waals surface area contributed by atoms with E-state index >= 15 is 0 Å². The quantitative estimate of drug-likeness (QED) is 0.555. The van der Waals surface area contributed by atoms with Crippen molar-refractivity contribution in [3.63, 3.8) is 0 Å². The monoisotopic (exact) mass is 477 g/mol. The van der Waals surface area contributed by atoms with E-state index in [2.05, 4.69) is 24.0 Å². The Morgan fingerprint density at radius 2 is 1.69 bits per heavy atom. The first-order chi connectivity index (χ1) is 17.0. The van der Waals surface area contributed by atoms with Crippen LogP contribution in [-0.4, -0.2) is 68.9 Å². The highest BCUT2D eigenvalue weighted by Gasteiger charge is 2.28. The number of fused-ring (bicyclic) bond motifs is 2. The third kappa shape index (κ3) is 5.99. The largest absolute Gasteiger partial charge is 0.491 e. The molecule has 1 atom stereocenters. The standard InChI is InChI=1S/C27H35N5O3/c1-4-30-15-9-10-16-31(26(33)18-32-28-23-12-6-7-13-24(23)29-32)21(17-20(2)3)19-35-25-14-8-5-11-22(25)27(30)34/h5-8,11-14,20-21H,4,9-10,15-19H2,1-3H3/t21-/m0/s1. The van der Waals surface area contributed by atoms with Crippen LogP contribution in [0.15, 0.2) is 48.5 Å². The molecule has 3 aromatic rings. The molecule has 8 nitrogen and oxygen atoms in total. The van der Waals surface area contributed by atoms with E-state index in [1.807, 2.05) is 65.3 Å². The molecule has 0 fully saturated rings. The van der Waals surface area contributed by atoms with Crippen LogP contribution in [0.5, 0.6) is 5.75 Å². The van der Waals surface area contributed by atoms with Gasteiger partial charge in [-0.3, -0.25) is 9.59 Å². The Morgan fingerprint density at radius 1 is 1.03 bits per heavy atom. The number of carbonyl (C=O) groups is 2. The Kier molecular flexibility index (Phi) is 8.00. The van der Waals surface area contributed by atoms with Crippen LogP contribution in [0.2, 0.25) is 0 Å². The molecule has 8 heteroatoms. The molecule has 4 rings (SSSR count). The van der Waals surface area contributed by atoms with Gasteiger partial charge in [0.05, 0.1) is 11.6 Å². The van der Waals surface area contributed by atoms with Crippen molar-refractivity contribution in [1.29, 1.82) is 0 Å². The summed E-state index contributed by atoms with van der Waals surface area (Å²) in [4.78, 5) is 32.0. The van der Waals surface area contributed by atoms with Crippen molar-refractivity contribution in [2.24, 2.45) is 5.92 Å². The molecule has 0 unspecified atom stereocenters. The summed E-state index contributed by atoms with van der Waals surface area (Å²) < 4.78 is 6.24. The predicted molar refractivity (Wildman–Crippen MR) is 135 cm³/mol. The maximum atomic E-state index is 13.6. The minimum atomic E-state index is -0.114. The zero-order valence-electron chi connectivity index (χ0n) is 20.9. The van der Waals surface area contributed by atoms with Crippen molar-refractivity contribution in [3.05, 3.63) is 54.1 Å². The van der Waals surface area contributed by atoms with Crippen molar-refractivity contribution >= 4 is 22.8 Å². The molecule has 186 valence electrons. The van der Waals surface area contributed by atoms with E-state index in [1.165, 1.54) is 4.80 Å². The van der Waals surface area contributed by atoms with E-state index in [1.54, 1.807) is 0 Å². The average Bonchev–Trinajstić information content (AvgIpc) is 3.25. The van der Waals surface area contributed by atoms with Crippen LogP contribution >= 0.6 is 0 Å². The Bertz CT molecular complexity index is 1130. The minimum Gasteiger partial charge on any atom is -0.491 e. The maximum Gasteiger partial charge on any atom is 0.257 e. The number of amides is 2. The average molecular weight is 478 g/mol. The van der Waals surface area contributed by atoms with E-state index in [-0.39, 0.29) is 24.4 Å². The highest BCUT2D eigenvalue weighted by molar-refractivity contribution is 5.97. The van der Waals surface area contributed by atoms with Crippen LogP contribution in [0.4, 0.5) is 0 Å². The summed E-state index contributed by atoms with van der Waals surface area (Å²) in [6, 6.07) is 14.9. The third-order valence-electron chi connectivity index (χ3n) is 6.40. The third-order valence-corrected chi connectivity index (χ3v) is 6.40. The molecular weight excluding hydrogens is 442 g/mol. The van der Waals surface area contributed by atoms with E-state index in [9.17, 15) is 9.59 Å². The lowest BCUT2D eigenvalue weighted by Gasteiger charge is -2.34. The lowest BCUT2D eigenvalue weighted by molar-refractivity contribution is -0.135. The normalized spacial score (nSPS) is 17.6. The number of benzene rings is 2. The van der Waals surface area contributed by atoms with E-state index in [0.717, 1.165) is 30.3 Å². The molecule has 0 spiro atoms. The van der Waals surface area contributed by atoms with Gasteiger partial charge in [0.25, 0.3) is 5.91 Å². The summed E-state index contributed by atoms with van der Waals surface area (Å²) in [5.41, 5.74) is 2.12.